The largest absolute Gasteiger partial charge is 0.460 e. The highest BCUT2D eigenvalue weighted by Gasteiger charge is 2.06. The maximum atomic E-state index is 11.9. The number of nitrogens with one attached hydrogen (secondary N) is 1. The van der Waals surface area contributed by atoms with Gasteiger partial charge in [0.25, 0.3) is 0 Å². The number of carbonyl (C=O) groups excluding carboxylic acids is 4. The first-order valence-electron chi connectivity index (χ1n) is 17.1. The summed E-state index contributed by atoms with van der Waals surface area (Å²) in [6.45, 7) is 8.46. The molecule has 0 aliphatic carbocycles. The third kappa shape index (κ3) is 36.7. The van der Waals surface area contributed by atoms with E-state index in [1.807, 2.05) is 0 Å². The molecule has 0 aliphatic heterocycles. The second-order valence-electron chi connectivity index (χ2n) is 10.5. The molecule has 49 heavy (non-hydrogen) atoms. The molecule has 0 fully saturated rings. The van der Waals surface area contributed by atoms with Crippen LogP contribution in [0.25, 0.3) is 0 Å². The van der Waals surface area contributed by atoms with Gasteiger partial charge in [0.2, 0.25) is 25.0 Å². The van der Waals surface area contributed by atoms with Crippen LogP contribution in [0.2, 0.25) is 0 Å². The Morgan fingerprint density at radius 1 is 0.612 bits per heavy atom. The Labute approximate surface area is 290 Å². The highest BCUT2D eigenvalue weighted by atomic mass is 16.9. The summed E-state index contributed by atoms with van der Waals surface area (Å²) in [6, 6.07) is 0. The van der Waals surface area contributed by atoms with Crippen molar-refractivity contribution in [2.24, 2.45) is 20.0 Å². The second-order valence-corrected chi connectivity index (χ2v) is 10.5. The number of rotatable bonds is 36. The van der Waals surface area contributed by atoms with Crippen molar-refractivity contribution in [2.45, 2.75) is 83.5 Å². The van der Waals surface area contributed by atoms with Crippen molar-refractivity contribution >= 4 is 37.0 Å². The Hall–Kier alpha value is -3.94. The average Bonchev–Trinajstić information content (AvgIpc) is 3.11. The number of isocyanates is 2. The second kappa shape index (κ2) is 38.5. The lowest BCUT2D eigenvalue weighted by atomic mass is 10.2. The zero-order valence-corrected chi connectivity index (χ0v) is 28.9. The molecular formula is C33H56N6O10. The Bertz CT molecular complexity index is 930. The number of unbranched alkanes of at least 4 members (excludes halogenated alkanes) is 9. The van der Waals surface area contributed by atoms with Crippen molar-refractivity contribution < 1.29 is 47.8 Å². The van der Waals surface area contributed by atoms with E-state index in [0.717, 1.165) is 83.1 Å². The van der Waals surface area contributed by atoms with Gasteiger partial charge in [0, 0.05) is 44.2 Å². The minimum Gasteiger partial charge on any atom is -0.460 e. The van der Waals surface area contributed by atoms with E-state index < -0.39 is 12.1 Å². The van der Waals surface area contributed by atoms with Gasteiger partial charge in [-0.2, -0.15) is 0 Å². The van der Waals surface area contributed by atoms with Crippen LogP contribution in [-0.4, -0.2) is 121 Å². The maximum absolute atomic E-state index is 11.9. The van der Waals surface area contributed by atoms with Gasteiger partial charge in [0.15, 0.2) is 0 Å². The highest BCUT2D eigenvalue weighted by molar-refractivity contribution is 5.81. The zero-order valence-electron chi connectivity index (χ0n) is 28.9. The quantitative estimate of drug-likeness (QED) is 0.0186. The number of aliphatic imine (C=N–C) groups is 4. The van der Waals surface area contributed by atoms with Crippen LogP contribution in [0.15, 0.2) is 32.6 Å². The van der Waals surface area contributed by atoms with Crippen LogP contribution < -0.4 is 5.32 Å². The molecule has 0 heterocycles. The standard InChI is InChI=1S/C33H56N6O10/c1-2-32(42)46-26-24-44-22-15-23-45-25-27-47-33(43)38-20-13-7-8-14-21-39(48-30-36-18-11-5-3-9-16-34-28-40)49-31-37-19-12-6-4-10-17-35-29-41/h2,30-31H,1,3-27H2,(H,38,43). The van der Waals surface area contributed by atoms with Crippen LogP contribution in [0.4, 0.5) is 4.79 Å². The number of hydrogen-bond donors (Lipinski definition) is 1. The predicted molar refractivity (Wildman–Crippen MR) is 184 cm³/mol. The summed E-state index contributed by atoms with van der Waals surface area (Å²) >= 11 is 0. The predicted octanol–water partition coefficient (Wildman–Crippen LogP) is 4.44. The molecule has 0 atom stereocenters. The molecule has 0 saturated carbocycles. The van der Waals surface area contributed by atoms with Crippen molar-refractivity contribution in [3.63, 3.8) is 0 Å². The van der Waals surface area contributed by atoms with Gasteiger partial charge in [0.1, 0.15) is 13.2 Å². The molecule has 0 aromatic rings. The van der Waals surface area contributed by atoms with Crippen molar-refractivity contribution in [3.05, 3.63) is 12.7 Å². The number of hydroxylamine groups is 2. The molecule has 0 bridgehead atoms. The molecule has 0 spiro atoms. The van der Waals surface area contributed by atoms with Gasteiger partial charge in [-0.1, -0.05) is 45.1 Å². The third-order valence-electron chi connectivity index (χ3n) is 6.44. The van der Waals surface area contributed by atoms with Crippen LogP contribution in [0.5, 0.6) is 0 Å². The highest BCUT2D eigenvalue weighted by Crippen LogP contribution is 2.04. The molecule has 278 valence electrons. The van der Waals surface area contributed by atoms with E-state index in [0.29, 0.717) is 72.1 Å². The molecule has 0 aliphatic rings. The van der Waals surface area contributed by atoms with Gasteiger partial charge < -0.3 is 33.9 Å². The van der Waals surface area contributed by atoms with Crippen LogP contribution in [0.1, 0.15) is 83.5 Å². The van der Waals surface area contributed by atoms with Gasteiger partial charge in [-0.15, -0.1) is 0 Å². The topological polar surface area (TPSA) is 188 Å². The fraction of sp³-hybridized carbons (Fsp3) is 0.758. The first-order valence-corrected chi connectivity index (χ1v) is 17.1. The van der Waals surface area contributed by atoms with E-state index in [-0.39, 0.29) is 13.2 Å². The fourth-order valence-corrected chi connectivity index (χ4v) is 3.88. The molecule has 0 unspecified atom stereocenters. The van der Waals surface area contributed by atoms with Crippen molar-refractivity contribution in [1.82, 2.24) is 10.5 Å². The third-order valence-corrected chi connectivity index (χ3v) is 6.44. The minimum absolute atomic E-state index is 0.155. The molecule has 0 rings (SSSR count). The van der Waals surface area contributed by atoms with Crippen molar-refractivity contribution in [1.29, 1.82) is 0 Å². The molecule has 0 saturated heterocycles. The number of carbonyl (C=O) groups is 2. The lowest BCUT2D eigenvalue weighted by Gasteiger charge is -2.16. The molecule has 0 radical (unpaired) electrons. The summed E-state index contributed by atoms with van der Waals surface area (Å²) in [7, 11) is 0. The van der Waals surface area contributed by atoms with E-state index >= 15 is 0 Å². The zero-order chi connectivity index (χ0) is 35.7. The van der Waals surface area contributed by atoms with Crippen molar-refractivity contribution in [2.75, 3.05) is 78.9 Å². The van der Waals surface area contributed by atoms with Crippen molar-refractivity contribution in [3.8, 4) is 0 Å². The molecular weight excluding hydrogens is 640 g/mol. The number of alkyl carbamates (subject to hydrolysis) is 1. The Balaban J connectivity index is 4.03. The summed E-state index contributed by atoms with van der Waals surface area (Å²) in [5, 5.41) is 4.08. The molecule has 0 aromatic carbocycles. The summed E-state index contributed by atoms with van der Waals surface area (Å²) in [5.41, 5.74) is 0. The maximum Gasteiger partial charge on any atom is 0.407 e. The lowest BCUT2D eigenvalue weighted by Crippen LogP contribution is -2.27. The minimum atomic E-state index is -0.480. The number of hydrogen-bond acceptors (Lipinski definition) is 15. The summed E-state index contributed by atoms with van der Waals surface area (Å²) in [6.07, 6.45) is 18.0. The van der Waals surface area contributed by atoms with E-state index in [2.05, 4.69) is 31.9 Å². The first kappa shape index (κ1) is 45.1. The average molecular weight is 697 g/mol. The lowest BCUT2D eigenvalue weighted by molar-refractivity contribution is -0.270. The monoisotopic (exact) mass is 696 g/mol. The Kier molecular flexibility index (Phi) is 35.4. The van der Waals surface area contributed by atoms with Gasteiger partial charge in [0.05, 0.1) is 32.8 Å². The normalized spacial score (nSPS) is 10.9. The van der Waals surface area contributed by atoms with E-state index in [9.17, 15) is 19.2 Å². The van der Waals surface area contributed by atoms with E-state index in [4.69, 9.17) is 28.6 Å². The van der Waals surface area contributed by atoms with E-state index in [1.165, 1.54) is 18.0 Å². The van der Waals surface area contributed by atoms with Gasteiger partial charge in [-0.05, 0) is 44.9 Å². The molecule has 1 amide bonds. The number of ether oxygens (including phenoxy) is 4. The van der Waals surface area contributed by atoms with Gasteiger partial charge >= 0.3 is 12.1 Å². The smallest absolute Gasteiger partial charge is 0.407 e. The first-order chi connectivity index (χ1) is 24.1. The van der Waals surface area contributed by atoms with Crippen LogP contribution in [-0.2, 0) is 43.0 Å². The Morgan fingerprint density at radius 3 is 1.67 bits per heavy atom. The van der Waals surface area contributed by atoms with E-state index in [1.54, 1.807) is 12.2 Å². The van der Waals surface area contributed by atoms with Gasteiger partial charge in [-0.3, -0.25) is 9.98 Å². The summed E-state index contributed by atoms with van der Waals surface area (Å²) in [4.78, 5) is 69.7. The summed E-state index contributed by atoms with van der Waals surface area (Å²) < 4.78 is 20.6. The Morgan fingerprint density at radius 2 is 1.12 bits per heavy atom. The molecule has 0 aromatic heterocycles. The van der Waals surface area contributed by atoms with Gasteiger partial charge in [-0.25, -0.2) is 29.2 Å². The molecule has 1 N–H and O–H groups in total. The van der Waals surface area contributed by atoms with Crippen LogP contribution in [0, 0.1) is 0 Å². The molecule has 16 heteroatoms. The fourth-order valence-electron chi connectivity index (χ4n) is 3.88. The summed E-state index contributed by atoms with van der Waals surface area (Å²) in [5.74, 6) is -0.476. The van der Waals surface area contributed by atoms with Crippen LogP contribution in [0.3, 0.4) is 0 Å². The number of nitrogens with zero attached hydrogens (tertiary/aromatic N) is 5. The SMILES string of the molecule is C=CC(=O)OCCOCCCOCCOC(=O)NCCCCCCN(OC=NCCCCCCN=C=O)OC=NCCCCCCN=C=O. The van der Waals surface area contributed by atoms with Crippen LogP contribution >= 0.6 is 0 Å². The molecule has 16 nitrogen and oxygen atoms in total. The number of esters is 1. The number of amides is 1.